The Bertz CT molecular complexity index is 352. The summed E-state index contributed by atoms with van der Waals surface area (Å²) in [6.07, 6.45) is 5.49. The van der Waals surface area contributed by atoms with E-state index in [0.29, 0.717) is 5.75 Å². The summed E-state index contributed by atoms with van der Waals surface area (Å²) >= 11 is 0. The van der Waals surface area contributed by atoms with Gasteiger partial charge in [-0.3, -0.25) is 0 Å². The molecule has 1 unspecified atom stereocenters. The fourth-order valence-corrected chi connectivity index (χ4v) is 3.41. The van der Waals surface area contributed by atoms with Crippen LogP contribution in [0.3, 0.4) is 0 Å². The minimum Gasteiger partial charge on any atom is -0.508 e. The van der Waals surface area contributed by atoms with Crippen molar-refractivity contribution in [2.24, 2.45) is 5.92 Å². The number of aromatic hydroxyl groups is 1. The SMILES string of the molecule is Oc1ccc(CC2CC3CC[NH+]2CC3)cc1. The molecule has 1 aromatic carbocycles. The number of phenols is 1. The molecule has 3 aliphatic rings. The molecule has 2 nitrogen and oxygen atoms in total. The lowest BCUT2D eigenvalue weighted by molar-refractivity contribution is -0.941. The van der Waals surface area contributed by atoms with Gasteiger partial charge in [0.15, 0.2) is 0 Å². The number of benzene rings is 1. The molecule has 2 heteroatoms. The molecule has 0 aliphatic carbocycles. The van der Waals surface area contributed by atoms with E-state index < -0.39 is 0 Å². The average molecular weight is 218 g/mol. The molecule has 3 saturated heterocycles. The molecule has 2 N–H and O–H groups in total. The van der Waals surface area contributed by atoms with Crippen LogP contribution in [0, 0.1) is 5.92 Å². The van der Waals surface area contributed by atoms with Crippen LogP contribution in [0.15, 0.2) is 24.3 Å². The van der Waals surface area contributed by atoms with Crippen molar-refractivity contribution in [2.45, 2.75) is 31.7 Å². The van der Waals surface area contributed by atoms with E-state index in [1.807, 2.05) is 4.90 Å². The molecule has 0 saturated carbocycles. The average Bonchev–Trinajstić information content (AvgIpc) is 2.34. The summed E-state index contributed by atoms with van der Waals surface area (Å²) < 4.78 is 0. The number of hydrogen-bond donors (Lipinski definition) is 2. The van der Waals surface area contributed by atoms with Crippen LogP contribution in [-0.2, 0) is 6.42 Å². The minimum atomic E-state index is 0.376. The highest BCUT2D eigenvalue weighted by Gasteiger charge is 2.36. The summed E-state index contributed by atoms with van der Waals surface area (Å²) in [5, 5.41) is 9.26. The van der Waals surface area contributed by atoms with E-state index in [-0.39, 0.29) is 0 Å². The Morgan fingerprint density at radius 3 is 2.38 bits per heavy atom. The molecule has 86 valence electrons. The highest BCUT2D eigenvalue weighted by Crippen LogP contribution is 2.23. The molecule has 0 radical (unpaired) electrons. The molecule has 3 fully saturated rings. The molecule has 4 rings (SSSR count). The quantitative estimate of drug-likeness (QED) is 0.760. The molecule has 3 heterocycles. The normalized spacial score (nSPS) is 32.9. The maximum Gasteiger partial charge on any atom is 0.115 e. The zero-order chi connectivity index (χ0) is 11.0. The largest absolute Gasteiger partial charge is 0.508 e. The number of nitrogens with one attached hydrogen (secondary N) is 1. The minimum absolute atomic E-state index is 0.376. The van der Waals surface area contributed by atoms with Crippen LogP contribution in [0.25, 0.3) is 0 Å². The Morgan fingerprint density at radius 2 is 1.81 bits per heavy atom. The van der Waals surface area contributed by atoms with Gasteiger partial charge in [-0.2, -0.15) is 0 Å². The highest BCUT2D eigenvalue weighted by molar-refractivity contribution is 5.26. The van der Waals surface area contributed by atoms with E-state index in [1.54, 1.807) is 12.1 Å². The Kier molecular flexibility index (Phi) is 2.60. The topological polar surface area (TPSA) is 24.7 Å². The predicted molar refractivity (Wildman–Crippen MR) is 63.6 cm³/mol. The first-order valence-electron chi connectivity index (χ1n) is 6.44. The zero-order valence-corrected chi connectivity index (χ0v) is 9.65. The van der Waals surface area contributed by atoms with E-state index in [4.69, 9.17) is 0 Å². The maximum atomic E-state index is 9.26. The summed E-state index contributed by atoms with van der Waals surface area (Å²) in [7, 11) is 0. The third-order valence-corrected chi connectivity index (χ3v) is 4.36. The van der Waals surface area contributed by atoms with E-state index in [9.17, 15) is 5.11 Å². The second-order valence-corrected chi connectivity index (χ2v) is 5.40. The van der Waals surface area contributed by atoms with Crippen molar-refractivity contribution in [1.29, 1.82) is 0 Å². The number of rotatable bonds is 2. The van der Waals surface area contributed by atoms with Crippen molar-refractivity contribution in [1.82, 2.24) is 0 Å². The summed E-state index contributed by atoms with van der Waals surface area (Å²) in [6, 6.07) is 8.58. The van der Waals surface area contributed by atoms with Gasteiger partial charge in [-0.25, -0.2) is 0 Å². The molecule has 2 bridgehead atoms. The Balaban J connectivity index is 1.68. The van der Waals surface area contributed by atoms with Crippen LogP contribution in [0.4, 0.5) is 0 Å². The van der Waals surface area contributed by atoms with Gasteiger partial charge in [-0.1, -0.05) is 12.1 Å². The van der Waals surface area contributed by atoms with Crippen LogP contribution in [0.5, 0.6) is 5.75 Å². The van der Waals surface area contributed by atoms with Gasteiger partial charge in [0.1, 0.15) is 5.75 Å². The van der Waals surface area contributed by atoms with Gasteiger partial charge < -0.3 is 10.0 Å². The van der Waals surface area contributed by atoms with Crippen molar-refractivity contribution in [3.8, 4) is 5.75 Å². The van der Waals surface area contributed by atoms with Gasteiger partial charge in [0, 0.05) is 12.8 Å². The first kappa shape index (κ1) is 10.2. The smallest absolute Gasteiger partial charge is 0.115 e. The van der Waals surface area contributed by atoms with Crippen molar-refractivity contribution < 1.29 is 10.0 Å². The van der Waals surface area contributed by atoms with Gasteiger partial charge in [0.2, 0.25) is 0 Å². The first-order valence-corrected chi connectivity index (χ1v) is 6.44. The molecular weight excluding hydrogens is 198 g/mol. The maximum absolute atomic E-state index is 9.26. The van der Waals surface area contributed by atoms with E-state index >= 15 is 0 Å². The number of piperidine rings is 3. The first-order chi connectivity index (χ1) is 7.81. The molecule has 3 aliphatic heterocycles. The molecule has 1 atom stereocenters. The third kappa shape index (κ3) is 1.94. The van der Waals surface area contributed by atoms with Crippen LogP contribution in [0.1, 0.15) is 24.8 Å². The molecule has 0 amide bonds. The van der Waals surface area contributed by atoms with Crippen LogP contribution in [0.2, 0.25) is 0 Å². The summed E-state index contributed by atoms with van der Waals surface area (Å²) in [4.78, 5) is 1.82. The van der Waals surface area contributed by atoms with Crippen LogP contribution in [-0.4, -0.2) is 24.2 Å². The lowest BCUT2D eigenvalue weighted by Gasteiger charge is -2.42. The van der Waals surface area contributed by atoms with Crippen molar-refractivity contribution >= 4 is 0 Å². The van der Waals surface area contributed by atoms with Gasteiger partial charge in [-0.15, -0.1) is 0 Å². The second-order valence-electron chi connectivity index (χ2n) is 5.40. The third-order valence-electron chi connectivity index (χ3n) is 4.36. The monoisotopic (exact) mass is 218 g/mol. The van der Waals surface area contributed by atoms with E-state index in [1.165, 1.54) is 44.3 Å². The predicted octanol–water partition coefficient (Wildman–Crippen LogP) is 1.00. The molecule has 0 spiro atoms. The second kappa shape index (κ2) is 4.10. The van der Waals surface area contributed by atoms with E-state index in [0.717, 1.165) is 12.0 Å². The molecule has 16 heavy (non-hydrogen) atoms. The van der Waals surface area contributed by atoms with Crippen molar-refractivity contribution in [3.63, 3.8) is 0 Å². The Labute approximate surface area is 96.9 Å². The highest BCUT2D eigenvalue weighted by atomic mass is 16.3. The molecular formula is C14H20NO+. The number of fused-ring (bicyclic) bond motifs is 3. The number of quaternary nitrogens is 1. The van der Waals surface area contributed by atoms with Gasteiger partial charge in [-0.05, 0) is 36.5 Å². The zero-order valence-electron chi connectivity index (χ0n) is 9.65. The summed E-state index contributed by atoms with van der Waals surface area (Å²) in [5.74, 6) is 1.38. The van der Waals surface area contributed by atoms with Crippen LogP contribution >= 0.6 is 0 Å². The standard InChI is InChI=1S/C14H19NO/c16-14-3-1-11(2-4-14)9-13-10-12-5-7-15(13)8-6-12/h1-4,12-13,16H,5-10H2/p+1. The molecule has 1 aromatic rings. The summed E-state index contributed by atoms with van der Waals surface area (Å²) in [5.41, 5.74) is 1.38. The molecule has 0 aromatic heterocycles. The lowest BCUT2D eigenvalue weighted by Crippen LogP contribution is -3.18. The lowest BCUT2D eigenvalue weighted by atomic mass is 9.81. The number of hydrogen-bond acceptors (Lipinski definition) is 1. The van der Waals surface area contributed by atoms with Gasteiger partial charge in [0.05, 0.1) is 19.1 Å². The van der Waals surface area contributed by atoms with Gasteiger partial charge >= 0.3 is 0 Å². The van der Waals surface area contributed by atoms with Gasteiger partial charge in [0.25, 0.3) is 0 Å². The Hall–Kier alpha value is -1.02. The Morgan fingerprint density at radius 1 is 1.12 bits per heavy atom. The van der Waals surface area contributed by atoms with Crippen molar-refractivity contribution in [3.05, 3.63) is 29.8 Å². The van der Waals surface area contributed by atoms with Crippen LogP contribution < -0.4 is 4.90 Å². The summed E-state index contributed by atoms with van der Waals surface area (Å²) in [6.45, 7) is 2.76. The fraction of sp³-hybridized carbons (Fsp3) is 0.571. The number of phenolic OH excluding ortho intramolecular Hbond substituents is 1. The van der Waals surface area contributed by atoms with Crippen molar-refractivity contribution in [2.75, 3.05) is 13.1 Å². The fourth-order valence-electron chi connectivity index (χ4n) is 3.41. The van der Waals surface area contributed by atoms with E-state index in [2.05, 4.69) is 12.1 Å².